The molecule has 1 aliphatic rings. The molecule has 0 aliphatic heterocycles. The molecule has 0 N–H and O–H groups in total. The van der Waals surface area contributed by atoms with Gasteiger partial charge in [0, 0.05) is 45.1 Å². The van der Waals surface area contributed by atoms with E-state index in [2.05, 4.69) is 204 Å². The summed E-state index contributed by atoms with van der Waals surface area (Å²) in [5.74, 6) is 0. The normalized spacial score (nSPS) is 13.9. The van der Waals surface area contributed by atoms with Gasteiger partial charge in [-0.3, -0.25) is 9.98 Å². The maximum Gasteiger partial charge on any atom is 0.0751 e. The maximum atomic E-state index is 5.28. The molecule has 270 valence electrons. The van der Waals surface area contributed by atoms with Gasteiger partial charge in [-0.15, -0.1) is 0 Å². The Hall–Kier alpha value is -7.36. The van der Waals surface area contributed by atoms with E-state index in [1.165, 1.54) is 66.3 Å². The summed E-state index contributed by atoms with van der Waals surface area (Å²) in [6.45, 7) is 4.67. The van der Waals surface area contributed by atoms with Gasteiger partial charge in [0.25, 0.3) is 0 Å². The Bertz CT molecular complexity index is 2990. The number of fused-ring (bicyclic) bond motifs is 4. The molecule has 10 rings (SSSR count). The van der Waals surface area contributed by atoms with Crippen LogP contribution >= 0.6 is 0 Å². The third-order valence-electron chi connectivity index (χ3n) is 11.2. The molecule has 0 saturated carbocycles. The second kappa shape index (κ2) is 14.7. The van der Waals surface area contributed by atoms with Crippen molar-refractivity contribution in [3.63, 3.8) is 0 Å². The number of nitrogens with zero attached hydrogens (tertiary/aromatic N) is 3. The molecule has 9 aromatic rings. The van der Waals surface area contributed by atoms with E-state index in [-0.39, 0.29) is 0 Å². The van der Waals surface area contributed by atoms with Gasteiger partial charge in [-0.1, -0.05) is 176 Å². The van der Waals surface area contributed by atoms with Crippen LogP contribution in [0.3, 0.4) is 0 Å². The number of allylic oxidation sites excluding steroid dienone is 1. The van der Waals surface area contributed by atoms with Crippen LogP contribution in [0.15, 0.2) is 216 Å². The second-order valence-corrected chi connectivity index (χ2v) is 14.6. The lowest BCUT2D eigenvalue weighted by Gasteiger charge is -2.13. The molecule has 0 bridgehead atoms. The first kappa shape index (κ1) is 34.2. The molecule has 8 aromatic carbocycles. The number of para-hydroxylation sites is 3. The molecule has 3 nitrogen and oxygen atoms in total. The smallest absolute Gasteiger partial charge is 0.0751 e. The second-order valence-electron chi connectivity index (χ2n) is 14.6. The van der Waals surface area contributed by atoms with Crippen LogP contribution in [0.4, 0.5) is 0 Å². The van der Waals surface area contributed by atoms with Gasteiger partial charge in [-0.2, -0.15) is 0 Å². The van der Waals surface area contributed by atoms with Crippen LogP contribution in [0.1, 0.15) is 22.3 Å². The summed E-state index contributed by atoms with van der Waals surface area (Å²) in [7, 11) is 0. The predicted molar refractivity (Wildman–Crippen MR) is 240 cm³/mol. The van der Waals surface area contributed by atoms with Gasteiger partial charge in [0.15, 0.2) is 0 Å². The zero-order valence-corrected chi connectivity index (χ0v) is 31.5. The maximum absolute atomic E-state index is 5.28. The van der Waals surface area contributed by atoms with Crippen LogP contribution in [0.25, 0.3) is 66.6 Å². The Morgan fingerprint density at radius 1 is 0.509 bits per heavy atom. The van der Waals surface area contributed by atoms with Crippen molar-refractivity contribution >= 4 is 39.9 Å². The van der Waals surface area contributed by atoms with Crippen molar-refractivity contribution in [1.29, 1.82) is 0 Å². The van der Waals surface area contributed by atoms with Crippen LogP contribution in [0.2, 0.25) is 0 Å². The Morgan fingerprint density at radius 2 is 1.12 bits per heavy atom. The SMILES string of the molecule is C=N/C(=C1/Cc2cc(-c3cccc(-c4cccc5c6ccccc6n(-c6ccccc6)c45)c3)ccc2C1=NCc1ccccc1)c1ccc(-c2ccccc2)cc1. The van der Waals surface area contributed by atoms with Gasteiger partial charge < -0.3 is 4.57 Å². The molecule has 1 heterocycles. The largest absolute Gasteiger partial charge is 0.309 e. The van der Waals surface area contributed by atoms with Crippen molar-refractivity contribution in [2.45, 2.75) is 13.0 Å². The van der Waals surface area contributed by atoms with Crippen LogP contribution < -0.4 is 0 Å². The van der Waals surface area contributed by atoms with Crippen molar-refractivity contribution in [2.24, 2.45) is 9.98 Å². The molecule has 0 unspecified atom stereocenters. The molecular formula is C54H39N3. The first-order chi connectivity index (χ1) is 28.2. The highest BCUT2D eigenvalue weighted by molar-refractivity contribution is 6.21. The van der Waals surface area contributed by atoms with Crippen molar-refractivity contribution in [1.82, 2.24) is 4.57 Å². The fraction of sp³-hybridized carbons (Fsp3) is 0.0370. The average molecular weight is 730 g/mol. The molecule has 0 spiro atoms. The van der Waals surface area contributed by atoms with Crippen LogP contribution in [-0.2, 0) is 13.0 Å². The molecule has 0 atom stereocenters. The van der Waals surface area contributed by atoms with Crippen molar-refractivity contribution in [3.05, 3.63) is 228 Å². The van der Waals surface area contributed by atoms with Crippen molar-refractivity contribution < 1.29 is 0 Å². The minimum Gasteiger partial charge on any atom is -0.309 e. The molecule has 0 radical (unpaired) electrons. The third-order valence-corrected chi connectivity index (χ3v) is 11.2. The third kappa shape index (κ3) is 6.30. The monoisotopic (exact) mass is 729 g/mol. The predicted octanol–water partition coefficient (Wildman–Crippen LogP) is 13.4. The summed E-state index contributed by atoms with van der Waals surface area (Å²) in [5, 5.41) is 2.50. The molecular weight excluding hydrogens is 691 g/mol. The van der Waals surface area contributed by atoms with Gasteiger partial charge >= 0.3 is 0 Å². The summed E-state index contributed by atoms with van der Waals surface area (Å²) < 4.78 is 2.41. The minimum absolute atomic E-state index is 0.589. The fourth-order valence-corrected chi connectivity index (χ4v) is 8.49. The molecule has 0 amide bonds. The lowest BCUT2D eigenvalue weighted by atomic mass is 9.95. The summed E-state index contributed by atoms with van der Waals surface area (Å²) in [6.07, 6.45) is 0.724. The molecule has 1 aliphatic carbocycles. The first-order valence-electron chi connectivity index (χ1n) is 19.5. The highest BCUT2D eigenvalue weighted by Crippen LogP contribution is 2.40. The summed E-state index contributed by atoms with van der Waals surface area (Å²) in [6, 6.07) is 71.5. The zero-order chi connectivity index (χ0) is 38.1. The van der Waals surface area contributed by atoms with Gasteiger partial charge in [0.2, 0.25) is 0 Å². The van der Waals surface area contributed by atoms with E-state index in [0.29, 0.717) is 6.54 Å². The minimum atomic E-state index is 0.589. The van der Waals surface area contributed by atoms with E-state index < -0.39 is 0 Å². The number of rotatable bonds is 8. The van der Waals surface area contributed by atoms with E-state index in [9.17, 15) is 0 Å². The van der Waals surface area contributed by atoms with Crippen LogP contribution in [0, 0.1) is 0 Å². The van der Waals surface area contributed by atoms with Crippen molar-refractivity contribution in [3.8, 4) is 39.1 Å². The van der Waals surface area contributed by atoms with Crippen LogP contribution in [0.5, 0.6) is 0 Å². The highest BCUT2D eigenvalue weighted by atomic mass is 15.0. The molecule has 0 saturated heterocycles. The number of hydrogen-bond acceptors (Lipinski definition) is 2. The Balaban J connectivity index is 1.06. The standard InChI is InChI=1S/C54H39N3/c1-55-52(40-29-27-39(28-30-40)38-17-7-3-8-18-38)50-35-44-34-42(31-32-46(44)53(50)56-36-37-15-5-2-6-16-37)41-19-13-20-43(33-41)47-24-14-25-49-48-23-11-12-26-51(48)57(54(47)49)45-21-9-4-10-22-45/h2-34H,1,35-36H2/b52-50-,56-53?. The lowest BCUT2D eigenvalue weighted by Crippen LogP contribution is -2.03. The Morgan fingerprint density at radius 3 is 1.91 bits per heavy atom. The average Bonchev–Trinajstić information content (AvgIpc) is 3.82. The number of aromatic nitrogens is 1. The topological polar surface area (TPSA) is 29.6 Å². The van der Waals surface area contributed by atoms with Gasteiger partial charge in [-0.05, 0) is 69.9 Å². The van der Waals surface area contributed by atoms with E-state index in [1.807, 2.05) is 12.1 Å². The van der Waals surface area contributed by atoms with Crippen LogP contribution in [-0.4, -0.2) is 17.0 Å². The van der Waals surface area contributed by atoms with Gasteiger partial charge in [0.1, 0.15) is 0 Å². The molecule has 3 heteroatoms. The molecule has 57 heavy (non-hydrogen) atoms. The Labute approximate surface area is 333 Å². The molecule has 0 fully saturated rings. The summed E-state index contributed by atoms with van der Waals surface area (Å²) >= 11 is 0. The van der Waals surface area contributed by atoms with Crippen molar-refractivity contribution in [2.75, 3.05) is 0 Å². The quantitative estimate of drug-likeness (QED) is 0.139. The van der Waals surface area contributed by atoms with Gasteiger partial charge in [-0.25, -0.2) is 0 Å². The summed E-state index contributed by atoms with van der Waals surface area (Å²) in [5.41, 5.74) is 18.3. The van der Waals surface area contributed by atoms with E-state index in [4.69, 9.17) is 4.99 Å². The number of hydrogen-bond donors (Lipinski definition) is 0. The first-order valence-corrected chi connectivity index (χ1v) is 19.5. The Kier molecular flexibility index (Phi) is 8.81. The number of benzene rings is 8. The summed E-state index contributed by atoms with van der Waals surface area (Å²) in [4.78, 5) is 9.95. The number of aliphatic imine (C=N–C) groups is 2. The molecule has 1 aromatic heterocycles. The van der Waals surface area contributed by atoms with E-state index in [0.717, 1.165) is 40.2 Å². The zero-order valence-electron chi connectivity index (χ0n) is 31.5. The fourth-order valence-electron chi connectivity index (χ4n) is 8.49. The van der Waals surface area contributed by atoms with E-state index in [1.54, 1.807) is 0 Å². The van der Waals surface area contributed by atoms with Gasteiger partial charge in [0.05, 0.1) is 29.0 Å². The lowest BCUT2D eigenvalue weighted by molar-refractivity contribution is 1.07. The highest BCUT2D eigenvalue weighted by Gasteiger charge is 2.27. The van der Waals surface area contributed by atoms with E-state index >= 15 is 0 Å².